The number of benzene rings is 3. The highest BCUT2D eigenvalue weighted by molar-refractivity contribution is 5.81. The summed E-state index contributed by atoms with van der Waals surface area (Å²) in [6, 6.07) is 21.9. The molecule has 4 aromatic rings. The van der Waals surface area contributed by atoms with Crippen LogP contribution >= 0.6 is 0 Å². The Kier molecular flexibility index (Phi) is 7.62. The van der Waals surface area contributed by atoms with E-state index in [2.05, 4.69) is 41.3 Å². The number of nitrogens with zero attached hydrogens (tertiary/aromatic N) is 3. The molecule has 198 valence electrons. The average molecular weight is 516 g/mol. The molecule has 1 fully saturated rings. The Morgan fingerprint density at radius 2 is 1.71 bits per heavy atom. The van der Waals surface area contributed by atoms with Gasteiger partial charge in [0.2, 0.25) is 5.91 Å². The highest BCUT2D eigenvalue weighted by Gasteiger charge is 2.27. The van der Waals surface area contributed by atoms with Crippen LogP contribution in [0.3, 0.4) is 0 Å². The molecule has 0 spiro atoms. The fraction of sp³-hybridized carbons (Fsp3) is 0.333. The molecular formula is C30H33N3O5. The quantitative estimate of drug-likeness (QED) is 0.352. The van der Waals surface area contributed by atoms with Crippen molar-refractivity contribution in [1.82, 2.24) is 14.4 Å². The Balaban J connectivity index is 1.42. The molecule has 1 amide bonds. The van der Waals surface area contributed by atoms with E-state index in [1.54, 1.807) is 31.2 Å². The molecule has 2 heterocycles. The van der Waals surface area contributed by atoms with Crippen LogP contribution in [0.2, 0.25) is 0 Å². The molecule has 1 saturated heterocycles. The topological polar surface area (TPSA) is 77.1 Å². The maximum Gasteiger partial charge on any atom is 0.420 e. The van der Waals surface area contributed by atoms with Gasteiger partial charge in [-0.1, -0.05) is 54.6 Å². The number of fused-ring (bicyclic) bond motifs is 1. The van der Waals surface area contributed by atoms with E-state index in [1.165, 1.54) is 4.57 Å². The molecule has 1 atom stereocenters. The zero-order valence-electron chi connectivity index (χ0n) is 22.1. The molecule has 1 aliphatic heterocycles. The first-order chi connectivity index (χ1) is 18.4. The third kappa shape index (κ3) is 5.37. The summed E-state index contributed by atoms with van der Waals surface area (Å²) >= 11 is 0. The van der Waals surface area contributed by atoms with Crippen LogP contribution in [0.15, 0.2) is 75.9 Å². The zero-order valence-corrected chi connectivity index (χ0v) is 22.1. The van der Waals surface area contributed by atoms with Gasteiger partial charge in [-0.15, -0.1) is 0 Å². The summed E-state index contributed by atoms with van der Waals surface area (Å²) in [4.78, 5) is 30.4. The minimum Gasteiger partial charge on any atom is -0.496 e. The van der Waals surface area contributed by atoms with Gasteiger partial charge in [0.15, 0.2) is 5.58 Å². The normalized spacial score (nSPS) is 14.9. The Morgan fingerprint density at radius 1 is 1.03 bits per heavy atom. The molecule has 0 saturated carbocycles. The highest BCUT2D eigenvalue weighted by Crippen LogP contribution is 2.27. The van der Waals surface area contributed by atoms with Gasteiger partial charge in [-0.25, -0.2) is 4.79 Å². The number of hydrogen-bond acceptors (Lipinski definition) is 6. The summed E-state index contributed by atoms with van der Waals surface area (Å²) in [5.74, 6) is -0.109. The van der Waals surface area contributed by atoms with Gasteiger partial charge in [0.25, 0.3) is 0 Å². The lowest BCUT2D eigenvalue weighted by Crippen LogP contribution is -2.44. The lowest BCUT2D eigenvalue weighted by Gasteiger charge is -2.35. The Bertz CT molecular complexity index is 1450. The maximum absolute atomic E-state index is 13.6. The first-order valence-electron chi connectivity index (χ1n) is 12.8. The zero-order chi connectivity index (χ0) is 26.6. The predicted molar refractivity (Wildman–Crippen MR) is 146 cm³/mol. The molecule has 1 unspecified atom stereocenters. The molecule has 0 bridgehead atoms. The third-order valence-electron chi connectivity index (χ3n) is 7.28. The van der Waals surface area contributed by atoms with Crippen molar-refractivity contribution in [3.63, 3.8) is 0 Å². The van der Waals surface area contributed by atoms with Crippen molar-refractivity contribution >= 4 is 17.0 Å². The van der Waals surface area contributed by atoms with Crippen LogP contribution in [0, 0.1) is 6.92 Å². The van der Waals surface area contributed by atoms with Crippen molar-refractivity contribution in [2.75, 3.05) is 47.0 Å². The van der Waals surface area contributed by atoms with Crippen molar-refractivity contribution < 1.29 is 18.7 Å². The molecule has 0 aliphatic carbocycles. The van der Waals surface area contributed by atoms with E-state index in [0.717, 1.165) is 35.3 Å². The molecule has 0 N–H and O–H groups in total. The summed E-state index contributed by atoms with van der Waals surface area (Å²) in [7, 11) is 3.38. The van der Waals surface area contributed by atoms with Crippen molar-refractivity contribution in [3.8, 4) is 16.9 Å². The number of likely N-dealkylation sites (N-methyl/N-ethyl adjacent to an activating group) is 1. The predicted octanol–water partition coefficient (Wildman–Crippen LogP) is 4.11. The molecule has 8 nitrogen and oxygen atoms in total. The Hall–Kier alpha value is -3.88. The second-order valence-corrected chi connectivity index (χ2v) is 9.67. The van der Waals surface area contributed by atoms with E-state index in [4.69, 9.17) is 13.9 Å². The SMILES string of the molecule is COc1cc2c(cc1C)oc(=O)n2CC(=O)N(C)C(CN1CCOCC1)c1ccc(-c2ccccc2)cc1. The monoisotopic (exact) mass is 515 g/mol. The number of amides is 1. The molecule has 0 radical (unpaired) electrons. The summed E-state index contributed by atoms with van der Waals surface area (Å²) in [6.07, 6.45) is 0. The standard InChI is InChI=1S/C30H33N3O5/c1-21-17-28-25(18-27(21)36-3)33(30(35)38-28)20-29(34)31(2)26(19-32-13-15-37-16-14-32)24-11-9-23(10-12-24)22-7-5-4-6-8-22/h4-12,17-18,26H,13-16,19-20H2,1-3H3. The number of oxazole rings is 1. The summed E-state index contributed by atoms with van der Waals surface area (Å²) in [6.45, 7) is 5.40. The first-order valence-corrected chi connectivity index (χ1v) is 12.8. The van der Waals surface area contributed by atoms with E-state index in [1.807, 2.05) is 25.1 Å². The van der Waals surface area contributed by atoms with Gasteiger partial charge in [-0.3, -0.25) is 14.3 Å². The van der Waals surface area contributed by atoms with Gasteiger partial charge in [0, 0.05) is 32.7 Å². The van der Waals surface area contributed by atoms with Crippen LogP contribution < -0.4 is 10.5 Å². The van der Waals surface area contributed by atoms with Gasteiger partial charge < -0.3 is 18.8 Å². The number of ether oxygens (including phenoxy) is 2. The Labute approximate surface area is 222 Å². The summed E-state index contributed by atoms with van der Waals surface area (Å²) in [5.41, 5.74) is 5.13. The van der Waals surface area contributed by atoms with Crippen molar-refractivity contribution in [3.05, 3.63) is 88.4 Å². The molecular weight excluding hydrogens is 482 g/mol. The summed E-state index contributed by atoms with van der Waals surface area (Å²) in [5, 5.41) is 0. The maximum atomic E-state index is 13.6. The largest absolute Gasteiger partial charge is 0.496 e. The van der Waals surface area contributed by atoms with Crippen LogP contribution in [-0.2, 0) is 16.1 Å². The second kappa shape index (κ2) is 11.2. The number of methoxy groups -OCH3 is 1. The van der Waals surface area contributed by atoms with Crippen molar-refractivity contribution in [2.24, 2.45) is 0 Å². The van der Waals surface area contributed by atoms with Gasteiger partial charge in [-0.05, 0) is 35.2 Å². The highest BCUT2D eigenvalue weighted by atomic mass is 16.5. The molecule has 5 rings (SSSR count). The molecule has 1 aliphatic rings. The molecule has 3 aromatic carbocycles. The molecule has 38 heavy (non-hydrogen) atoms. The van der Waals surface area contributed by atoms with Gasteiger partial charge >= 0.3 is 5.76 Å². The number of hydrogen-bond donors (Lipinski definition) is 0. The van der Waals surface area contributed by atoms with Crippen LogP contribution in [0.1, 0.15) is 17.2 Å². The molecule has 8 heteroatoms. The van der Waals surface area contributed by atoms with Crippen LogP contribution in [0.4, 0.5) is 0 Å². The number of carbonyl (C=O) groups excluding carboxylic acids is 1. The number of aryl methyl sites for hydroxylation is 1. The lowest BCUT2D eigenvalue weighted by atomic mass is 9.99. The van der Waals surface area contributed by atoms with E-state index in [-0.39, 0.29) is 18.5 Å². The minimum atomic E-state index is -0.564. The van der Waals surface area contributed by atoms with Gasteiger partial charge in [0.1, 0.15) is 12.3 Å². The van der Waals surface area contributed by atoms with Crippen LogP contribution in [-0.4, -0.2) is 67.3 Å². The van der Waals surface area contributed by atoms with E-state index in [9.17, 15) is 9.59 Å². The van der Waals surface area contributed by atoms with Crippen molar-refractivity contribution in [2.45, 2.75) is 19.5 Å². The molecule has 1 aromatic heterocycles. The van der Waals surface area contributed by atoms with E-state index in [0.29, 0.717) is 36.6 Å². The smallest absolute Gasteiger partial charge is 0.420 e. The van der Waals surface area contributed by atoms with E-state index < -0.39 is 5.76 Å². The Morgan fingerprint density at radius 3 is 2.39 bits per heavy atom. The van der Waals surface area contributed by atoms with Crippen LogP contribution in [0.5, 0.6) is 5.75 Å². The average Bonchev–Trinajstić information content (AvgIpc) is 3.25. The van der Waals surface area contributed by atoms with E-state index >= 15 is 0 Å². The number of rotatable bonds is 8. The fourth-order valence-corrected chi connectivity index (χ4v) is 4.99. The fourth-order valence-electron chi connectivity index (χ4n) is 4.99. The van der Waals surface area contributed by atoms with Crippen LogP contribution in [0.25, 0.3) is 22.2 Å². The van der Waals surface area contributed by atoms with Gasteiger partial charge in [-0.2, -0.15) is 0 Å². The number of aromatic nitrogens is 1. The number of morpholine rings is 1. The summed E-state index contributed by atoms with van der Waals surface area (Å²) < 4.78 is 17.8. The minimum absolute atomic E-state index is 0.129. The first kappa shape index (κ1) is 25.8. The second-order valence-electron chi connectivity index (χ2n) is 9.67. The van der Waals surface area contributed by atoms with Crippen molar-refractivity contribution in [1.29, 1.82) is 0 Å². The number of carbonyl (C=O) groups is 1. The lowest BCUT2D eigenvalue weighted by molar-refractivity contribution is -0.133. The van der Waals surface area contributed by atoms with Gasteiger partial charge in [0.05, 0.1) is 31.9 Å². The third-order valence-corrected chi connectivity index (χ3v) is 7.28.